The molecule has 0 aliphatic heterocycles. The third-order valence-corrected chi connectivity index (χ3v) is 4.46. The number of nitrogens with one attached hydrogen (secondary N) is 2. The van der Waals surface area contributed by atoms with Gasteiger partial charge in [-0.25, -0.2) is 0 Å². The molecule has 0 aromatic carbocycles. The summed E-state index contributed by atoms with van der Waals surface area (Å²) in [5.74, 6) is -0.787. The summed E-state index contributed by atoms with van der Waals surface area (Å²) in [6.45, 7) is 12.6. The lowest BCUT2D eigenvalue weighted by Crippen LogP contribution is -2.53. The molecule has 0 aliphatic rings. The Morgan fingerprint density at radius 2 is 1.56 bits per heavy atom. The zero-order chi connectivity index (χ0) is 20.8. The molecule has 4 N–H and O–H groups in total. The molecule has 0 saturated carbocycles. The number of ketones is 1. The lowest BCUT2D eigenvalue weighted by atomic mass is 10.0. The van der Waals surface area contributed by atoms with Crippen LogP contribution in [0.5, 0.6) is 0 Å². The summed E-state index contributed by atoms with van der Waals surface area (Å²) in [7, 11) is 0. The maximum atomic E-state index is 12.4. The maximum absolute atomic E-state index is 12.4. The molecule has 0 spiro atoms. The van der Waals surface area contributed by atoms with Crippen LogP contribution in [0, 0.1) is 5.92 Å². The highest BCUT2D eigenvalue weighted by molar-refractivity contribution is 5.91. The minimum Gasteiger partial charge on any atom is -0.347 e. The molecule has 2 unspecified atom stereocenters. The van der Waals surface area contributed by atoms with Gasteiger partial charge in [0.1, 0.15) is 11.8 Å². The predicted octanol–water partition coefficient (Wildman–Crippen LogP) is 1.45. The summed E-state index contributed by atoms with van der Waals surface area (Å²) < 4.78 is 0. The van der Waals surface area contributed by atoms with Gasteiger partial charge in [0.2, 0.25) is 11.8 Å². The fourth-order valence-electron chi connectivity index (χ4n) is 2.83. The summed E-state index contributed by atoms with van der Waals surface area (Å²) in [4.78, 5) is 38.2. The third kappa shape index (κ3) is 11.8. The lowest BCUT2D eigenvalue weighted by molar-refractivity contribution is -0.131. The fraction of sp³-hybridized carbons (Fsp3) is 0.850. The van der Waals surface area contributed by atoms with Gasteiger partial charge in [-0.15, -0.1) is 0 Å². The van der Waals surface area contributed by atoms with Gasteiger partial charge in [-0.05, 0) is 64.6 Å². The van der Waals surface area contributed by atoms with E-state index in [1.807, 2.05) is 13.8 Å². The molecule has 0 saturated heterocycles. The Bertz CT molecular complexity index is 449. The number of Topliss-reactive ketones (excluding diaryl/α,β-unsaturated/α-hetero) is 1. The number of hydrogen-bond acceptors (Lipinski definition) is 5. The number of unbranched alkanes of at least 4 members (excludes halogenated alkanes) is 1. The van der Waals surface area contributed by atoms with Crippen LogP contribution >= 0.6 is 0 Å². The molecule has 0 aliphatic carbocycles. The van der Waals surface area contributed by atoms with Crippen molar-refractivity contribution in [1.29, 1.82) is 0 Å². The summed E-state index contributed by atoms with van der Waals surface area (Å²) >= 11 is 0. The summed E-state index contributed by atoms with van der Waals surface area (Å²) in [6, 6.07) is -1.31. The number of nitrogens with zero attached hydrogens (tertiary/aromatic N) is 1. The van der Waals surface area contributed by atoms with Crippen LogP contribution in [0.3, 0.4) is 0 Å². The van der Waals surface area contributed by atoms with Gasteiger partial charge in [0.25, 0.3) is 0 Å². The van der Waals surface area contributed by atoms with Crippen LogP contribution < -0.4 is 16.4 Å². The fourth-order valence-corrected chi connectivity index (χ4v) is 2.83. The number of nitrogens with two attached hydrogens (primary N) is 1. The van der Waals surface area contributed by atoms with E-state index in [-0.39, 0.29) is 30.1 Å². The van der Waals surface area contributed by atoms with Crippen LogP contribution in [0.15, 0.2) is 0 Å². The number of carbonyl (C=O) groups is 3. The second kappa shape index (κ2) is 14.6. The normalized spacial score (nSPS) is 13.5. The van der Waals surface area contributed by atoms with Crippen LogP contribution in [-0.2, 0) is 14.4 Å². The molecule has 2 atom stereocenters. The van der Waals surface area contributed by atoms with Gasteiger partial charge < -0.3 is 21.3 Å². The monoisotopic (exact) mass is 384 g/mol. The number of amides is 2. The van der Waals surface area contributed by atoms with Crippen molar-refractivity contribution in [3.05, 3.63) is 0 Å². The molecule has 0 aromatic rings. The average molecular weight is 385 g/mol. The van der Waals surface area contributed by atoms with Gasteiger partial charge in [-0.3, -0.25) is 14.4 Å². The standard InChI is InChI=1S/C20H40N4O3/c1-6-11-24(12-7-2)13-9-8-10-17(19(26)22-14-16(5)25)23-20(27)18(21)15(3)4/h15,17-18H,6-14,21H2,1-5H3,(H,22,26)(H,23,27). The Balaban J connectivity index is 4.67. The van der Waals surface area contributed by atoms with Crippen molar-refractivity contribution in [2.75, 3.05) is 26.2 Å². The molecule has 7 nitrogen and oxygen atoms in total. The molecule has 7 heteroatoms. The molecule has 0 radical (unpaired) electrons. The van der Waals surface area contributed by atoms with Crippen molar-refractivity contribution < 1.29 is 14.4 Å². The Morgan fingerprint density at radius 3 is 2.04 bits per heavy atom. The Labute approximate surface area is 164 Å². The quantitative estimate of drug-likeness (QED) is 0.371. The SMILES string of the molecule is CCCN(CCC)CCCCC(NC(=O)C(N)C(C)C)C(=O)NCC(C)=O. The third-order valence-electron chi connectivity index (χ3n) is 4.46. The van der Waals surface area contributed by atoms with E-state index in [9.17, 15) is 14.4 Å². The van der Waals surface area contributed by atoms with Gasteiger partial charge in [-0.2, -0.15) is 0 Å². The topological polar surface area (TPSA) is 105 Å². The second-order valence-electron chi connectivity index (χ2n) is 7.59. The molecule has 0 rings (SSSR count). The molecule has 0 aromatic heterocycles. The first-order chi connectivity index (χ1) is 12.7. The Hall–Kier alpha value is -1.47. The first-order valence-corrected chi connectivity index (χ1v) is 10.3. The number of carbonyl (C=O) groups excluding carboxylic acids is 3. The van der Waals surface area contributed by atoms with Crippen LogP contribution in [0.4, 0.5) is 0 Å². The van der Waals surface area contributed by atoms with Gasteiger partial charge in [0, 0.05) is 0 Å². The highest BCUT2D eigenvalue weighted by Gasteiger charge is 2.25. The van der Waals surface area contributed by atoms with Crippen molar-refractivity contribution in [2.45, 2.75) is 78.8 Å². The van der Waals surface area contributed by atoms with E-state index in [1.165, 1.54) is 6.92 Å². The van der Waals surface area contributed by atoms with E-state index in [1.54, 1.807) is 0 Å². The van der Waals surface area contributed by atoms with Crippen molar-refractivity contribution in [1.82, 2.24) is 15.5 Å². The van der Waals surface area contributed by atoms with E-state index >= 15 is 0 Å². The van der Waals surface area contributed by atoms with E-state index in [0.29, 0.717) is 6.42 Å². The highest BCUT2D eigenvalue weighted by Crippen LogP contribution is 2.06. The van der Waals surface area contributed by atoms with Crippen molar-refractivity contribution in [3.63, 3.8) is 0 Å². The zero-order valence-electron chi connectivity index (χ0n) is 17.8. The van der Waals surface area contributed by atoms with Crippen molar-refractivity contribution >= 4 is 17.6 Å². The first-order valence-electron chi connectivity index (χ1n) is 10.3. The Morgan fingerprint density at radius 1 is 0.963 bits per heavy atom. The minimum atomic E-state index is -0.660. The number of rotatable bonds is 15. The predicted molar refractivity (Wildman–Crippen MR) is 109 cm³/mol. The molecule has 0 bridgehead atoms. The van der Waals surface area contributed by atoms with E-state index in [4.69, 9.17) is 5.73 Å². The molecule has 27 heavy (non-hydrogen) atoms. The van der Waals surface area contributed by atoms with Gasteiger partial charge in [0.15, 0.2) is 0 Å². The van der Waals surface area contributed by atoms with Crippen LogP contribution in [-0.4, -0.2) is 60.8 Å². The largest absolute Gasteiger partial charge is 0.347 e. The van der Waals surface area contributed by atoms with Crippen LogP contribution in [0.1, 0.15) is 66.7 Å². The molecule has 0 fully saturated rings. The van der Waals surface area contributed by atoms with Crippen molar-refractivity contribution in [2.24, 2.45) is 11.7 Å². The zero-order valence-corrected chi connectivity index (χ0v) is 17.8. The summed E-state index contributed by atoms with van der Waals surface area (Å²) in [5, 5.41) is 5.35. The first kappa shape index (κ1) is 25.5. The van der Waals surface area contributed by atoms with E-state index in [0.717, 1.165) is 45.3 Å². The summed E-state index contributed by atoms with van der Waals surface area (Å²) in [6.07, 6.45) is 4.56. The molecule has 158 valence electrons. The van der Waals surface area contributed by atoms with Crippen molar-refractivity contribution in [3.8, 4) is 0 Å². The molecular weight excluding hydrogens is 344 g/mol. The Kier molecular flexibility index (Phi) is 13.8. The molecule has 2 amide bonds. The average Bonchev–Trinajstić information content (AvgIpc) is 2.61. The minimum absolute atomic E-state index is 0.0115. The smallest absolute Gasteiger partial charge is 0.242 e. The second-order valence-corrected chi connectivity index (χ2v) is 7.59. The molecule has 0 heterocycles. The maximum Gasteiger partial charge on any atom is 0.242 e. The van der Waals surface area contributed by atoms with Crippen LogP contribution in [0.2, 0.25) is 0 Å². The van der Waals surface area contributed by atoms with Gasteiger partial charge in [-0.1, -0.05) is 27.7 Å². The van der Waals surface area contributed by atoms with E-state index in [2.05, 4.69) is 29.4 Å². The molecular formula is C20H40N4O3. The summed E-state index contributed by atoms with van der Waals surface area (Å²) in [5.41, 5.74) is 5.89. The lowest BCUT2D eigenvalue weighted by Gasteiger charge is -2.23. The van der Waals surface area contributed by atoms with Gasteiger partial charge >= 0.3 is 0 Å². The number of hydrogen-bond donors (Lipinski definition) is 3. The van der Waals surface area contributed by atoms with Crippen LogP contribution in [0.25, 0.3) is 0 Å². The highest BCUT2D eigenvalue weighted by atomic mass is 16.2. The van der Waals surface area contributed by atoms with E-state index < -0.39 is 12.1 Å². The van der Waals surface area contributed by atoms with Gasteiger partial charge in [0.05, 0.1) is 12.6 Å².